The third-order valence-electron chi connectivity index (χ3n) is 2.51. The van der Waals surface area contributed by atoms with Gasteiger partial charge in [0.2, 0.25) is 0 Å². The van der Waals surface area contributed by atoms with Gasteiger partial charge in [0.25, 0.3) is 0 Å². The Kier molecular flexibility index (Phi) is 2.44. The molecule has 0 bridgehead atoms. The highest BCUT2D eigenvalue weighted by Crippen LogP contribution is 2.21. The van der Waals surface area contributed by atoms with Gasteiger partial charge in [-0.05, 0) is 23.6 Å². The minimum absolute atomic E-state index is 0.278. The van der Waals surface area contributed by atoms with Crippen LogP contribution in [0.5, 0.6) is 0 Å². The van der Waals surface area contributed by atoms with Crippen molar-refractivity contribution in [1.82, 2.24) is 5.32 Å². The predicted octanol–water partition coefficient (Wildman–Crippen LogP) is 1.98. The van der Waals surface area contributed by atoms with Crippen molar-refractivity contribution in [3.63, 3.8) is 0 Å². The number of rotatable bonds is 2. The lowest BCUT2D eigenvalue weighted by atomic mass is 10.1. The van der Waals surface area contributed by atoms with Crippen molar-refractivity contribution in [2.45, 2.75) is 25.8 Å². The molecule has 0 fully saturated rings. The fourth-order valence-corrected chi connectivity index (χ4v) is 1.86. The molecule has 2 nitrogen and oxygen atoms in total. The van der Waals surface area contributed by atoms with E-state index < -0.39 is 0 Å². The van der Waals surface area contributed by atoms with Crippen LogP contribution in [-0.4, -0.2) is 6.04 Å². The van der Waals surface area contributed by atoms with Crippen LogP contribution in [0.1, 0.15) is 19.8 Å². The predicted molar refractivity (Wildman–Crippen MR) is 59.4 cm³/mol. The minimum atomic E-state index is 0.278. The van der Waals surface area contributed by atoms with Gasteiger partial charge in [-0.2, -0.15) is 0 Å². The van der Waals surface area contributed by atoms with Crippen molar-refractivity contribution in [1.29, 1.82) is 0 Å². The molecule has 0 unspecified atom stereocenters. The van der Waals surface area contributed by atoms with Gasteiger partial charge in [-0.25, -0.2) is 0 Å². The Morgan fingerprint density at radius 2 is 2.29 bits per heavy atom. The second-order valence-electron chi connectivity index (χ2n) is 3.74. The van der Waals surface area contributed by atoms with Crippen molar-refractivity contribution in [3.8, 4) is 0 Å². The first-order chi connectivity index (χ1) is 6.79. The lowest BCUT2D eigenvalue weighted by molar-refractivity contribution is 0.799. The van der Waals surface area contributed by atoms with Gasteiger partial charge in [0.1, 0.15) is 0 Å². The Morgan fingerprint density at radius 3 is 3.07 bits per heavy atom. The maximum atomic E-state index is 5.72. The quantitative estimate of drug-likeness (QED) is 0.695. The smallest absolute Gasteiger partial charge is 0.0971 e. The lowest BCUT2D eigenvalue weighted by Gasteiger charge is -2.07. The SMILES string of the molecule is CCCC1=CC=C[C@H]2NC(N)=CC2=C1. The molecule has 0 aromatic rings. The second kappa shape index (κ2) is 3.74. The van der Waals surface area contributed by atoms with E-state index in [1.807, 2.05) is 6.08 Å². The molecule has 2 heteroatoms. The van der Waals surface area contributed by atoms with E-state index in [9.17, 15) is 0 Å². The van der Waals surface area contributed by atoms with Crippen LogP contribution in [-0.2, 0) is 0 Å². The van der Waals surface area contributed by atoms with E-state index in [0.29, 0.717) is 0 Å². The molecule has 1 aliphatic carbocycles. The molecule has 0 radical (unpaired) electrons. The zero-order chi connectivity index (χ0) is 9.97. The van der Waals surface area contributed by atoms with Gasteiger partial charge < -0.3 is 11.1 Å². The first kappa shape index (κ1) is 9.13. The summed E-state index contributed by atoms with van der Waals surface area (Å²) in [6.45, 7) is 2.20. The zero-order valence-corrected chi connectivity index (χ0v) is 8.46. The molecule has 0 aromatic heterocycles. The van der Waals surface area contributed by atoms with Gasteiger partial charge in [-0.15, -0.1) is 0 Å². The molecule has 14 heavy (non-hydrogen) atoms. The molecule has 3 N–H and O–H groups in total. The van der Waals surface area contributed by atoms with Crippen LogP contribution in [0, 0.1) is 0 Å². The number of nitrogens with two attached hydrogens (primary N) is 1. The minimum Gasteiger partial charge on any atom is -0.386 e. The number of hydrogen-bond acceptors (Lipinski definition) is 2. The van der Waals surface area contributed by atoms with E-state index in [1.165, 1.54) is 17.6 Å². The molecule has 1 heterocycles. The summed E-state index contributed by atoms with van der Waals surface area (Å²) in [6, 6.07) is 0.278. The number of allylic oxidation sites excluding steroid dienone is 4. The average molecular weight is 188 g/mol. The van der Waals surface area contributed by atoms with Crippen molar-refractivity contribution >= 4 is 0 Å². The molecule has 1 aliphatic heterocycles. The summed E-state index contributed by atoms with van der Waals surface area (Å²) >= 11 is 0. The average Bonchev–Trinajstić information content (AvgIpc) is 2.37. The Morgan fingerprint density at radius 1 is 1.43 bits per heavy atom. The largest absolute Gasteiger partial charge is 0.386 e. The normalized spacial score (nSPS) is 24.4. The zero-order valence-electron chi connectivity index (χ0n) is 8.46. The van der Waals surface area contributed by atoms with Gasteiger partial charge in [0.15, 0.2) is 0 Å². The molecule has 2 aliphatic rings. The van der Waals surface area contributed by atoms with Crippen LogP contribution in [0.4, 0.5) is 0 Å². The van der Waals surface area contributed by atoms with Crippen molar-refractivity contribution in [3.05, 3.63) is 47.3 Å². The Balaban J connectivity index is 2.25. The van der Waals surface area contributed by atoms with Crippen molar-refractivity contribution in [2.75, 3.05) is 0 Å². The summed E-state index contributed by atoms with van der Waals surface area (Å²) < 4.78 is 0. The topological polar surface area (TPSA) is 38.0 Å². The molecular weight excluding hydrogens is 172 g/mol. The van der Waals surface area contributed by atoms with Crippen LogP contribution < -0.4 is 11.1 Å². The Hall–Kier alpha value is -1.44. The fourth-order valence-electron chi connectivity index (χ4n) is 1.86. The molecule has 74 valence electrons. The summed E-state index contributed by atoms with van der Waals surface area (Å²) in [5.41, 5.74) is 8.38. The van der Waals surface area contributed by atoms with Gasteiger partial charge in [0.05, 0.1) is 11.9 Å². The molecular formula is C12H16N2. The van der Waals surface area contributed by atoms with E-state index in [0.717, 1.165) is 12.2 Å². The van der Waals surface area contributed by atoms with E-state index in [2.05, 4.69) is 36.5 Å². The van der Waals surface area contributed by atoms with Gasteiger partial charge in [-0.1, -0.05) is 37.6 Å². The molecule has 1 atom stereocenters. The van der Waals surface area contributed by atoms with Crippen LogP contribution in [0.25, 0.3) is 0 Å². The van der Waals surface area contributed by atoms with Crippen LogP contribution >= 0.6 is 0 Å². The highest BCUT2D eigenvalue weighted by atomic mass is 15.0. The molecule has 0 saturated heterocycles. The van der Waals surface area contributed by atoms with E-state index in [4.69, 9.17) is 5.73 Å². The summed E-state index contributed by atoms with van der Waals surface area (Å²) in [5.74, 6) is 0.767. The Labute approximate surface area is 84.9 Å². The lowest BCUT2D eigenvalue weighted by Crippen LogP contribution is -2.24. The van der Waals surface area contributed by atoms with Crippen LogP contribution in [0.2, 0.25) is 0 Å². The number of nitrogens with one attached hydrogen (secondary N) is 1. The monoisotopic (exact) mass is 188 g/mol. The van der Waals surface area contributed by atoms with Gasteiger partial charge in [0, 0.05) is 0 Å². The number of fused-ring (bicyclic) bond motifs is 1. The molecule has 0 saturated carbocycles. The van der Waals surface area contributed by atoms with E-state index >= 15 is 0 Å². The first-order valence-corrected chi connectivity index (χ1v) is 5.12. The molecule has 2 rings (SSSR count). The summed E-state index contributed by atoms with van der Waals surface area (Å²) in [4.78, 5) is 0. The first-order valence-electron chi connectivity index (χ1n) is 5.12. The summed E-state index contributed by atoms with van der Waals surface area (Å²) in [5, 5.41) is 3.21. The maximum Gasteiger partial charge on any atom is 0.0971 e. The fraction of sp³-hybridized carbons (Fsp3) is 0.333. The third kappa shape index (κ3) is 1.74. The van der Waals surface area contributed by atoms with E-state index in [-0.39, 0.29) is 6.04 Å². The van der Waals surface area contributed by atoms with Crippen LogP contribution in [0.15, 0.2) is 47.3 Å². The highest BCUT2D eigenvalue weighted by molar-refractivity contribution is 5.45. The second-order valence-corrected chi connectivity index (χ2v) is 3.74. The van der Waals surface area contributed by atoms with Crippen molar-refractivity contribution in [2.24, 2.45) is 5.73 Å². The third-order valence-corrected chi connectivity index (χ3v) is 2.51. The molecule has 0 amide bonds. The van der Waals surface area contributed by atoms with Gasteiger partial charge >= 0.3 is 0 Å². The molecule has 0 aromatic carbocycles. The van der Waals surface area contributed by atoms with E-state index in [1.54, 1.807) is 0 Å². The van der Waals surface area contributed by atoms with Crippen LogP contribution in [0.3, 0.4) is 0 Å². The Bertz CT molecular complexity index is 345. The maximum absolute atomic E-state index is 5.72. The highest BCUT2D eigenvalue weighted by Gasteiger charge is 2.17. The standard InChI is InChI=1S/C12H16N2/c1-2-4-9-5-3-6-11-10(7-9)8-12(13)14-11/h3,5-8,11,14H,2,4,13H2,1H3/t11-/m1/s1. The summed E-state index contributed by atoms with van der Waals surface area (Å²) in [6.07, 6.45) is 13.0. The number of hydrogen-bond donors (Lipinski definition) is 2. The molecule has 0 spiro atoms. The van der Waals surface area contributed by atoms with Crippen molar-refractivity contribution < 1.29 is 0 Å². The van der Waals surface area contributed by atoms with Gasteiger partial charge in [-0.3, -0.25) is 0 Å². The summed E-state index contributed by atoms with van der Waals surface area (Å²) in [7, 11) is 0.